The van der Waals surface area contributed by atoms with Crippen LogP contribution in [-0.2, 0) is 20.1 Å². The van der Waals surface area contributed by atoms with E-state index in [0.29, 0.717) is 13.1 Å². The average molecular weight is 247 g/mol. The van der Waals surface area contributed by atoms with Crippen LogP contribution in [0.25, 0.3) is 0 Å². The molecule has 0 unspecified atom stereocenters. The van der Waals surface area contributed by atoms with E-state index in [-0.39, 0.29) is 0 Å². The zero-order valence-electron chi connectivity index (χ0n) is 10.8. The van der Waals surface area contributed by atoms with Crippen molar-refractivity contribution in [3.05, 3.63) is 35.3 Å². The van der Waals surface area contributed by atoms with E-state index in [0.717, 1.165) is 22.8 Å². The van der Waals surface area contributed by atoms with Gasteiger partial charge in [0, 0.05) is 26.3 Å². The van der Waals surface area contributed by atoms with E-state index in [1.54, 1.807) is 18.0 Å². The first-order valence-electron chi connectivity index (χ1n) is 5.76. The smallest absolute Gasteiger partial charge is 0.216 e. The second-order valence-corrected chi connectivity index (χ2v) is 4.02. The van der Waals surface area contributed by atoms with E-state index < -0.39 is 0 Å². The summed E-state index contributed by atoms with van der Waals surface area (Å²) < 4.78 is 7.08. The summed E-state index contributed by atoms with van der Waals surface area (Å²) in [7, 11) is 3.53. The molecule has 0 atom stereocenters. The molecule has 0 aliphatic heterocycles. The Morgan fingerprint density at radius 2 is 2.22 bits per heavy atom. The molecule has 2 heterocycles. The fraction of sp³-hybridized carbons (Fsp3) is 0.417. The number of hydrogen-bond acceptors (Lipinski definition) is 5. The van der Waals surface area contributed by atoms with E-state index >= 15 is 0 Å². The lowest BCUT2D eigenvalue weighted by Gasteiger charge is -2.06. The van der Waals surface area contributed by atoms with Crippen molar-refractivity contribution in [1.82, 2.24) is 25.3 Å². The van der Waals surface area contributed by atoms with Crippen molar-refractivity contribution in [1.29, 1.82) is 0 Å². The van der Waals surface area contributed by atoms with Crippen LogP contribution < -0.4 is 10.1 Å². The summed E-state index contributed by atoms with van der Waals surface area (Å²) in [5.74, 6) is 0.791. The van der Waals surface area contributed by atoms with Crippen LogP contribution in [0, 0.1) is 6.92 Å². The molecule has 1 N–H and O–H groups in total. The lowest BCUT2D eigenvalue weighted by molar-refractivity contribution is 0.368. The third-order valence-electron chi connectivity index (χ3n) is 2.72. The zero-order valence-corrected chi connectivity index (χ0v) is 10.8. The third-order valence-corrected chi connectivity index (χ3v) is 2.72. The molecule has 0 bridgehead atoms. The van der Waals surface area contributed by atoms with Gasteiger partial charge in [-0.2, -0.15) is 15.3 Å². The van der Waals surface area contributed by atoms with E-state index in [4.69, 9.17) is 4.74 Å². The van der Waals surface area contributed by atoms with Crippen LogP contribution in [0.3, 0.4) is 0 Å². The highest BCUT2D eigenvalue weighted by molar-refractivity contribution is 5.30. The van der Waals surface area contributed by atoms with Crippen molar-refractivity contribution >= 4 is 0 Å². The molecule has 0 amide bonds. The second kappa shape index (κ2) is 5.59. The summed E-state index contributed by atoms with van der Waals surface area (Å²) in [5, 5.41) is 15.5. The fourth-order valence-electron chi connectivity index (χ4n) is 1.88. The maximum atomic E-state index is 5.33. The highest BCUT2D eigenvalue weighted by atomic mass is 16.5. The Hall–Kier alpha value is -1.95. The van der Waals surface area contributed by atoms with Gasteiger partial charge in [-0.3, -0.25) is 0 Å². The van der Waals surface area contributed by atoms with Crippen LogP contribution in [0.1, 0.15) is 17.0 Å². The largest absolute Gasteiger partial charge is 0.481 e. The van der Waals surface area contributed by atoms with E-state index in [1.807, 2.05) is 26.1 Å². The Kier molecular flexibility index (Phi) is 3.88. The van der Waals surface area contributed by atoms with Gasteiger partial charge in [-0.25, -0.2) is 4.68 Å². The van der Waals surface area contributed by atoms with Gasteiger partial charge in [0.1, 0.15) is 0 Å². The monoisotopic (exact) mass is 247 g/mol. The number of aromatic nitrogens is 4. The number of methoxy groups -OCH3 is 1. The molecule has 6 nitrogen and oxygen atoms in total. The molecule has 18 heavy (non-hydrogen) atoms. The van der Waals surface area contributed by atoms with Gasteiger partial charge >= 0.3 is 0 Å². The molecular weight excluding hydrogens is 230 g/mol. The topological polar surface area (TPSA) is 64.9 Å². The molecular formula is C12H17N5O. The molecule has 96 valence electrons. The maximum Gasteiger partial charge on any atom is 0.216 e. The predicted molar refractivity (Wildman–Crippen MR) is 67.1 cm³/mol. The molecule has 0 radical (unpaired) electrons. The molecule has 2 rings (SSSR count). The van der Waals surface area contributed by atoms with Crippen LogP contribution in [-0.4, -0.2) is 27.1 Å². The lowest BCUT2D eigenvalue weighted by Crippen LogP contribution is -2.15. The third kappa shape index (κ3) is 2.65. The highest BCUT2D eigenvalue weighted by Crippen LogP contribution is 2.20. The fourth-order valence-corrected chi connectivity index (χ4v) is 1.88. The van der Waals surface area contributed by atoms with Crippen LogP contribution in [0.2, 0.25) is 0 Å². The Balaban J connectivity index is 1.98. The Morgan fingerprint density at radius 1 is 1.39 bits per heavy atom. The summed E-state index contributed by atoms with van der Waals surface area (Å²) in [6.45, 7) is 3.34. The molecule has 0 aromatic carbocycles. The van der Waals surface area contributed by atoms with Gasteiger partial charge in [0.05, 0.1) is 24.1 Å². The molecule has 0 saturated heterocycles. The average Bonchev–Trinajstić information content (AvgIpc) is 2.65. The van der Waals surface area contributed by atoms with Crippen molar-refractivity contribution in [2.45, 2.75) is 20.0 Å². The minimum absolute atomic E-state index is 0.672. The summed E-state index contributed by atoms with van der Waals surface area (Å²) in [4.78, 5) is 0. The molecule has 6 heteroatoms. The van der Waals surface area contributed by atoms with Crippen molar-refractivity contribution in [3.63, 3.8) is 0 Å². The zero-order chi connectivity index (χ0) is 13.0. The van der Waals surface area contributed by atoms with Gasteiger partial charge in [0.2, 0.25) is 5.88 Å². The van der Waals surface area contributed by atoms with Gasteiger partial charge in [-0.1, -0.05) is 0 Å². The molecule has 0 aliphatic carbocycles. The number of rotatable bonds is 5. The highest BCUT2D eigenvalue weighted by Gasteiger charge is 2.12. The van der Waals surface area contributed by atoms with Crippen molar-refractivity contribution in [2.75, 3.05) is 7.11 Å². The number of hydrogen-bond donors (Lipinski definition) is 1. The predicted octanol–water partition coefficient (Wildman–Crippen LogP) is 0.817. The Morgan fingerprint density at radius 3 is 2.89 bits per heavy atom. The molecule has 2 aromatic rings. The molecule has 2 aromatic heterocycles. The van der Waals surface area contributed by atoms with E-state index in [9.17, 15) is 0 Å². The first kappa shape index (κ1) is 12.5. The standard InChI is InChI=1S/C12H17N5O/c1-9-11(12(18-3)17(2)16-9)8-13-7-10-5-4-6-14-15-10/h4-6,13H,7-8H2,1-3H3. The minimum atomic E-state index is 0.672. The van der Waals surface area contributed by atoms with Crippen molar-refractivity contribution < 1.29 is 4.74 Å². The first-order chi connectivity index (χ1) is 8.72. The number of ether oxygens (including phenoxy) is 1. The number of nitrogens with one attached hydrogen (secondary N) is 1. The van der Waals surface area contributed by atoms with E-state index in [1.165, 1.54) is 0 Å². The van der Waals surface area contributed by atoms with Crippen LogP contribution in [0.5, 0.6) is 5.88 Å². The van der Waals surface area contributed by atoms with Gasteiger partial charge in [0.25, 0.3) is 0 Å². The van der Waals surface area contributed by atoms with Gasteiger partial charge in [-0.05, 0) is 19.1 Å². The maximum absolute atomic E-state index is 5.33. The summed E-state index contributed by atoms with van der Waals surface area (Å²) >= 11 is 0. The van der Waals surface area contributed by atoms with Crippen LogP contribution >= 0.6 is 0 Å². The minimum Gasteiger partial charge on any atom is -0.481 e. The van der Waals surface area contributed by atoms with E-state index in [2.05, 4.69) is 20.6 Å². The Bertz CT molecular complexity index is 509. The van der Waals surface area contributed by atoms with Gasteiger partial charge in [-0.15, -0.1) is 0 Å². The quantitative estimate of drug-likeness (QED) is 0.847. The molecule has 0 saturated carbocycles. The normalized spacial score (nSPS) is 10.6. The first-order valence-corrected chi connectivity index (χ1v) is 5.76. The number of aryl methyl sites for hydroxylation is 2. The Labute approximate surface area is 106 Å². The second-order valence-electron chi connectivity index (χ2n) is 4.02. The molecule has 0 spiro atoms. The summed E-state index contributed by atoms with van der Waals surface area (Å²) in [5.41, 5.74) is 2.96. The summed E-state index contributed by atoms with van der Waals surface area (Å²) in [6, 6.07) is 3.81. The van der Waals surface area contributed by atoms with Crippen molar-refractivity contribution in [3.8, 4) is 5.88 Å². The van der Waals surface area contributed by atoms with Crippen LogP contribution in [0.15, 0.2) is 18.3 Å². The van der Waals surface area contributed by atoms with Crippen LogP contribution in [0.4, 0.5) is 0 Å². The van der Waals surface area contributed by atoms with Gasteiger partial charge < -0.3 is 10.1 Å². The lowest BCUT2D eigenvalue weighted by atomic mass is 10.2. The molecule has 0 aliphatic rings. The number of nitrogens with zero attached hydrogens (tertiary/aromatic N) is 4. The van der Waals surface area contributed by atoms with Gasteiger partial charge in [0.15, 0.2) is 0 Å². The van der Waals surface area contributed by atoms with Crippen molar-refractivity contribution in [2.24, 2.45) is 7.05 Å². The molecule has 0 fully saturated rings. The SMILES string of the molecule is COc1c(CNCc2cccnn2)c(C)nn1C. The summed E-state index contributed by atoms with van der Waals surface area (Å²) in [6.07, 6.45) is 1.66.